The molecule has 8 heteroatoms. The Hall–Kier alpha value is -1.12. The molecule has 0 aromatic heterocycles. The van der Waals surface area contributed by atoms with Crippen LogP contribution in [-0.2, 0) is 14.2 Å². The maximum Gasteiger partial charge on any atom is 0.472 e. The molecule has 0 spiro atoms. The van der Waals surface area contributed by atoms with E-state index in [1.165, 1.54) is 0 Å². The van der Waals surface area contributed by atoms with Gasteiger partial charge in [-0.3, -0.25) is 9.59 Å². The van der Waals surface area contributed by atoms with Gasteiger partial charge in [-0.25, -0.2) is 0 Å². The zero-order valence-corrected chi connectivity index (χ0v) is 10.9. The molecule has 3 unspecified atom stereocenters. The Morgan fingerprint density at radius 1 is 1.37 bits per heavy atom. The number of hydrogen-bond acceptors (Lipinski definition) is 5. The van der Waals surface area contributed by atoms with Crippen LogP contribution in [0.4, 0.5) is 0 Å². The second-order valence-electron chi connectivity index (χ2n) is 5.04. The van der Waals surface area contributed by atoms with Gasteiger partial charge in [-0.2, -0.15) is 0 Å². The summed E-state index contributed by atoms with van der Waals surface area (Å²) in [6.07, 6.45) is 0.673. The van der Waals surface area contributed by atoms with Crippen LogP contribution >= 0.6 is 0 Å². The molecule has 0 saturated carbocycles. The number of nitrogens with one attached hydrogen (secondary N) is 1. The Bertz CT molecular complexity index is 326. The SMILES string of the molecule is CC(CNC1CCC(CC(=O)O)OB1O)CC(=O)O. The highest BCUT2D eigenvalue weighted by Crippen LogP contribution is 2.18. The molecular formula is C11H20BNO6. The van der Waals surface area contributed by atoms with Crippen LogP contribution in [0.2, 0.25) is 0 Å². The quantitative estimate of drug-likeness (QED) is 0.472. The van der Waals surface area contributed by atoms with E-state index >= 15 is 0 Å². The first-order chi connectivity index (χ1) is 8.88. The molecular weight excluding hydrogens is 253 g/mol. The number of aliphatic carboxylic acids is 2. The Kier molecular flexibility index (Phi) is 6.27. The predicted octanol–water partition coefficient (Wildman–Crippen LogP) is -0.271. The molecule has 1 fully saturated rings. The Balaban J connectivity index is 2.29. The zero-order valence-electron chi connectivity index (χ0n) is 10.9. The van der Waals surface area contributed by atoms with E-state index in [4.69, 9.17) is 14.9 Å². The Labute approximate surface area is 112 Å². The lowest BCUT2D eigenvalue weighted by Gasteiger charge is -2.31. The molecule has 4 N–H and O–H groups in total. The molecule has 1 saturated heterocycles. The van der Waals surface area contributed by atoms with E-state index in [0.717, 1.165) is 0 Å². The molecule has 1 aliphatic rings. The molecule has 0 bridgehead atoms. The molecule has 1 heterocycles. The van der Waals surface area contributed by atoms with Crippen molar-refractivity contribution in [2.75, 3.05) is 6.54 Å². The summed E-state index contributed by atoms with van der Waals surface area (Å²) in [6, 6.07) is 0. The van der Waals surface area contributed by atoms with Crippen LogP contribution in [0.5, 0.6) is 0 Å². The molecule has 0 aromatic rings. The molecule has 3 atom stereocenters. The van der Waals surface area contributed by atoms with Crippen molar-refractivity contribution in [1.29, 1.82) is 0 Å². The van der Waals surface area contributed by atoms with Crippen LogP contribution < -0.4 is 5.32 Å². The fourth-order valence-electron chi connectivity index (χ4n) is 2.14. The Morgan fingerprint density at radius 2 is 2.05 bits per heavy atom. The van der Waals surface area contributed by atoms with Gasteiger partial charge in [0.15, 0.2) is 0 Å². The number of carboxylic acid groups (broad SMARTS) is 2. The van der Waals surface area contributed by atoms with Gasteiger partial charge in [0, 0.05) is 12.4 Å². The average Bonchev–Trinajstić information content (AvgIpc) is 2.26. The summed E-state index contributed by atoms with van der Waals surface area (Å²) in [5.74, 6) is -2.11. The summed E-state index contributed by atoms with van der Waals surface area (Å²) < 4.78 is 5.22. The molecule has 108 valence electrons. The van der Waals surface area contributed by atoms with Gasteiger partial charge in [-0.05, 0) is 25.3 Å². The standard InChI is InChI=1S/C11H20BNO6/c1-7(4-10(14)15)6-13-9-3-2-8(5-11(16)17)19-12(9)18/h7-9,13,18H,2-6H2,1H3,(H,14,15)(H,16,17). The van der Waals surface area contributed by atoms with Gasteiger partial charge in [-0.1, -0.05) is 6.92 Å². The highest BCUT2D eigenvalue weighted by molar-refractivity contribution is 6.45. The van der Waals surface area contributed by atoms with Crippen molar-refractivity contribution in [3.8, 4) is 0 Å². The van der Waals surface area contributed by atoms with E-state index in [9.17, 15) is 14.6 Å². The molecule has 7 nitrogen and oxygen atoms in total. The minimum absolute atomic E-state index is 0.0403. The van der Waals surface area contributed by atoms with Gasteiger partial charge >= 0.3 is 19.1 Å². The maximum absolute atomic E-state index is 10.5. The van der Waals surface area contributed by atoms with Crippen LogP contribution in [0.3, 0.4) is 0 Å². The number of carbonyl (C=O) groups is 2. The van der Waals surface area contributed by atoms with E-state index in [2.05, 4.69) is 5.32 Å². The summed E-state index contributed by atoms with van der Waals surface area (Å²) >= 11 is 0. The summed E-state index contributed by atoms with van der Waals surface area (Å²) in [7, 11) is -1.05. The molecule has 1 aliphatic heterocycles. The summed E-state index contributed by atoms with van der Waals surface area (Å²) in [5, 5.41) is 30.1. The van der Waals surface area contributed by atoms with Gasteiger partial charge < -0.3 is 25.2 Å². The second kappa shape index (κ2) is 7.47. The smallest absolute Gasteiger partial charge is 0.472 e. The summed E-state index contributed by atoms with van der Waals surface area (Å²) in [4.78, 5) is 21.1. The van der Waals surface area contributed by atoms with Crippen molar-refractivity contribution in [2.24, 2.45) is 5.92 Å². The van der Waals surface area contributed by atoms with E-state index in [-0.39, 0.29) is 24.7 Å². The topological polar surface area (TPSA) is 116 Å². The van der Waals surface area contributed by atoms with E-state index < -0.39 is 25.2 Å². The first kappa shape index (κ1) is 15.9. The predicted molar refractivity (Wildman–Crippen MR) is 67.5 cm³/mol. The van der Waals surface area contributed by atoms with Gasteiger partial charge in [0.25, 0.3) is 0 Å². The molecule has 0 amide bonds. The molecule has 1 rings (SSSR count). The normalized spacial score (nSPS) is 25.1. The van der Waals surface area contributed by atoms with Crippen molar-refractivity contribution < 1.29 is 29.5 Å². The third kappa shape index (κ3) is 6.04. The van der Waals surface area contributed by atoms with Gasteiger partial charge in [0.2, 0.25) is 0 Å². The molecule has 19 heavy (non-hydrogen) atoms. The second-order valence-corrected chi connectivity index (χ2v) is 5.04. The van der Waals surface area contributed by atoms with Crippen molar-refractivity contribution in [2.45, 2.75) is 44.7 Å². The van der Waals surface area contributed by atoms with Gasteiger partial charge in [-0.15, -0.1) is 0 Å². The average molecular weight is 273 g/mol. The molecule has 0 radical (unpaired) electrons. The lowest BCUT2D eigenvalue weighted by Crippen LogP contribution is -2.52. The molecule has 0 aliphatic carbocycles. The van der Waals surface area contributed by atoms with Crippen LogP contribution in [-0.4, -0.2) is 52.9 Å². The minimum Gasteiger partial charge on any atom is -0.481 e. The first-order valence-corrected chi connectivity index (χ1v) is 6.39. The monoisotopic (exact) mass is 273 g/mol. The lowest BCUT2D eigenvalue weighted by atomic mass is 9.72. The third-order valence-electron chi connectivity index (χ3n) is 3.13. The van der Waals surface area contributed by atoms with Crippen LogP contribution in [0.15, 0.2) is 0 Å². The zero-order chi connectivity index (χ0) is 14.4. The largest absolute Gasteiger partial charge is 0.481 e. The van der Waals surface area contributed by atoms with Crippen molar-refractivity contribution in [3.63, 3.8) is 0 Å². The highest BCUT2D eigenvalue weighted by atomic mass is 16.5. The lowest BCUT2D eigenvalue weighted by molar-refractivity contribution is -0.139. The first-order valence-electron chi connectivity index (χ1n) is 6.39. The molecule has 0 aromatic carbocycles. The van der Waals surface area contributed by atoms with Gasteiger partial charge in [0.1, 0.15) is 0 Å². The third-order valence-corrected chi connectivity index (χ3v) is 3.13. The summed E-state index contributed by atoms with van der Waals surface area (Å²) in [5.41, 5.74) is 0. The number of rotatable bonds is 7. The Morgan fingerprint density at radius 3 is 2.58 bits per heavy atom. The highest BCUT2D eigenvalue weighted by Gasteiger charge is 2.35. The van der Waals surface area contributed by atoms with Crippen molar-refractivity contribution in [3.05, 3.63) is 0 Å². The number of hydrogen-bond donors (Lipinski definition) is 4. The van der Waals surface area contributed by atoms with Gasteiger partial charge in [0.05, 0.1) is 12.5 Å². The van der Waals surface area contributed by atoms with Crippen molar-refractivity contribution >= 4 is 19.1 Å². The minimum atomic E-state index is -1.05. The maximum atomic E-state index is 10.5. The van der Waals surface area contributed by atoms with Crippen LogP contribution in [0.25, 0.3) is 0 Å². The van der Waals surface area contributed by atoms with Crippen LogP contribution in [0, 0.1) is 5.92 Å². The van der Waals surface area contributed by atoms with Crippen molar-refractivity contribution in [1.82, 2.24) is 5.32 Å². The van der Waals surface area contributed by atoms with E-state index in [1.807, 2.05) is 6.92 Å². The fraction of sp³-hybridized carbons (Fsp3) is 0.818. The van der Waals surface area contributed by atoms with E-state index in [1.54, 1.807) is 0 Å². The fourth-order valence-corrected chi connectivity index (χ4v) is 2.14. The van der Waals surface area contributed by atoms with E-state index in [0.29, 0.717) is 19.4 Å². The van der Waals surface area contributed by atoms with Crippen LogP contribution in [0.1, 0.15) is 32.6 Å². The summed E-state index contributed by atoms with van der Waals surface area (Å²) in [6.45, 7) is 2.28. The number of carboxylic acids is 2.